The SMILES string of the molecule is CCNCCc1cn(CC2CCCO2)c2ccccc12. The molecule has 1 aromatic heterocycles. The van der Waals surface area contributed by atoms with E-state index in [1.165, 1.54) is 29.3 Å². The number of likely N-dealkylation sites (N-methyl/N-ethyl adjacent to an activating group) is 1. The molecule has 3 rings (SSSR count). The van der Waals surface area contributed by atoms with Crippen LogP contribution in [0.3, 0.4) is 0 Å². The minimum Gasteiger partial charge on any atom is -0.376 e. The average Bonchev–Trinajstić information content (AvgIpc) is 3.09. The molecule has 1 unspecified atom stereocenters. The third kappa shape index (κ3) is 2.89. The first-order chi connectivity index (χ1) is 9.88. The number of hydrogen-bond donors (Lipinski definition) is 1. The lowest BCUT2D eigenvalue weighted by atomic mass is 10.1. The zero-order valence-corrected chi connectivity index (χ0v) is 12.3. The van der Waals surface area contributed by atoms with Gasteiger partial charge in [0.25, 0.3) is 0 Å². The summed E-state index contributed by atoms with van der Waals surface area (Å²) in [6.07, 6.45) is 6.21. The Hall–Kier alpha value is -1.32. The maximum absolute atomic E-state index is 5.78. The van der Waals surface area contributed by atoms with Crippen molar-refractivity contribution in [3.8, 4) is 0 Å². The first kappa shape index (κ1) is 13.7. The average molecular weight is 272 g/mol. The third-order valence-corrected chi connectivity index (χ3v) is 4.12. The van der Waals surface area contributed by atoms with Crippen LogP contribution in [0, 0.1) is 0 Å². The quantitative estimate of drug-likeness (QED) is 0.818. The van der Waals surface area contributed by atoms with Gasteiger partial charge < -0.3 is 14.6 Å². The summed E-state index contributed by atoms with van der Waals surface area (Å²) in [4.78, 5) is 0. The molecule has 2 aromatic rings. The zero-order chi connectivity index (χ0) is 13.8. The number of para-hydroxylation sites is 1. The Morgan fingerprint density at radius 2 is 2.25 bits per heavy atom. The van der Waals surface area contributed by atoms with Crippen molar-refractivity contribution in [2.75, 3.05) is 19.7 Å². The highest BCUT2D eigenvalue weighted by molar-refractivity contribution is 5.84. The summed E-state index contributed by atoms with van der Waals surface area (Å²) < 4.78 is 8.16. The van der Waals surface area contributed by atoms with Gasteiger partial charge in [-0.2, -0.15) is 0 Å². The summed E-state index contributed by atoms with van der Waals surface area (Å²) in [7, 11) is 0. The Balaban J connectivity index is 1.83. The van der Waals surface area contributed by atoms with Gasteiger partial charge in [-0.1, -0.05) is 25.1 Å². The fourth-order valence-electron chi connectivity index (χ4n) is 3.08. The van der Waals surface area contributed by atoms with Crippen LogP contribution in [0.25, 0.3) is 10.9 Å². The number of hydrogen-bond acceptors (Lipinski definition) is 2. The molecule has 108 valence electrons. The van der Waals surface area contributed by atoms with Crippen molar-refractivity contribution >= 4 is 10.9 Å². The van der Waals surface area contributed by atoms with Crippen molar-refractivity contribution in [3.63, 3.8) is 0 Å². The molecule has 0 saturated carbocycles. The van der Waals surface area contributed by atoms with Gasteiger partial charge in [-0.3, -0.25) is 0 Å². The van der Waals surface area contributed by atoms with E-state index >= 15 is 0 Å². The van der Waals surface area contributed by atoms with Gasteiger partial charge in [-0.15, -0.1) is 0 Å². The van der Waals surface area contributed by atoms with Crippen molar-refractivity contribution in [1.29, 1.82) is 0 Å². The number of nitrogens with zero attached hydrogens (tertiary/aromatic N) is 1. The van der Waals surface area contributed by atoms with Gasteiger partial charge in [-0.05, 0) is 44.0 Å². The molecule has 1 aliphatic rings. The largest absolute Gasteiger partial charge is 0.376 e. The fourth-order valence-corrected chi connectivity index (χ4v) is 3.08. The van der Waals surface area contributed by atoms with Crippen LogP contribution < -0.4 is 5.32 Å². The molecular weight excluding hydrogens is 248 g/mol. The Morgan fingerprint density at radius 3 is 3.05 bits per heavy atom. The fraction of sp³-hybridized carbons (Fsp3) is 0.529. The molecule has 0 radical (unpaired) electrons. The summed E-state index contributed by atoms with van der Waals surface area (Å²) >= 11 is 0. The number of ether oxygens (including phenoxy) is 1. The molecule has 0 amide bonds. The summed E-state index contributed by atoms with van der Waals surface area (Å²) in [6, 6.07) is 8.72. The van der Waals surface area contributed by atoms with E-state index in [4.69, 9.17) is 4.74 Å². The summed E-state index contributed by atoms with van der Waals surface area (Å²) in [6.45, 7) is 6.15. The molecule has 1 aliphatic heterocycles. The van der Waals surface area contributed by atoms with Crippen LogP contribution in [0.5, 0.6) is 0 Å². The van der Waals surface area contributed by atoms with Gasteiger partial charge in [0.15, 0.2) is 0 Å². The number of benzene rings is 1. The highest BCUT2D eigenvalue weighted by Gasteiger charge is 2.17. The minimum absolute atomic E-state index is 0.396. The second-order valence-corrected chi connectivity index (χ2v) is 5.56. The van der Waals surface area contributed by atoms with Gasteiger partial charge in [-0.25, -0.2) is 0 Å². The second kappa shape index (κ2) is 6.42. The highest BCUT2D eigenvalue weighted by Crippen LogP contribution is 2.24. The molecule has 3 heteroatoms. The van der Waals surface area contributed by atoms with E-state index in [-0.39, 0.29) is 0 Å². The monoisotopic (exact) mass is 272 g/mol. The minimum atomic E-state index is 0.396. The molecule has 20 heavy (non-hydrogen) atoms. The lowest BCUT2D eigenvalue weighted by molar-refractivity contribution is 0.0980. The first-order valence-electron chi connectivity index (χ1n) is 7.77. The molecular formula is C17H24N2O. The smallest absolute Gasteiger partial charge is 0.0754 e. The topological polar surface area (TPSA) is 26.2 Å². The van der Waals surface area contributed by atoms with Crippen LogP contribution >= 0.6 is 0 Å². The Kier molecular flexibility index (Phi) is 4.38. The number of aromatic nitrogens is 1. The number of rotatable bonds is 6. The zero-order valence-electron chi connectivity index (χ0n) is 12.3. The highest BCUT2D eigenvalue weighted by atomic mass is 16.5. The number of nitrogens with one attached hydrogen (secondary N) is 1. The predicted octanol–water partition coefficient (Wildman–Crippen LogP) is 2.97. The van der Waals surface area contributed by atoms with Crippen molar-refractivity contribution in [2.24, 2.45) is 0 Å². The number of fused-ring (bicyclic) bond motifs is 1. The van der Waals surface area contributed by atoms with E-state index in [0.29, 0.717) is 6.10 Å². The van der Waals surface area contributed by atoms with E-state index in [0.717, 1.165) is 32.7 Å². The lowest BCUT2D eigenvalue weighted by Gasteiger charge is -2.11. The van der Waals surface area contributed by atoms with Crippen molar-refractivity contribution < 1.29 is 4.74 Å². The molecule has 1 fully saturated rings. The molecule has 2 heterocycles. The van der Waals surface area contributed by atoms with Crippen molar-refractivity contribution in [2.45, 2.75) is 38.8 Å². The van der Waals surface area contributed by atoms with E-state index in [2.05, 4.69) is 47.3 Å². The Bertz CT molecular complexity index is 555. The van der Waals surface area contributed by atoms with Gasteiger partial charge in [0.1, 0.15) is 0 Å². The summed E-state index contributed by atoms with van der Waals surface area (Å²) in [5.41, 5.74) is 2.79. The van der Waals surface area contributed by atoms with Crippen LogP contribution in [0.15, 0.2) is 30.5 Å². The summed E-state index contributed by atoms with van der Waals surface area (Å²) in [5.74, 6) is 0. The van der Waals surface area contributed by atoms with Gasteiger partial charge in [0.05, 0.1) is 6.10 Å². The second-order valence-electron chi connectivity index (χ2n) is 5.56. The maximum atomic E-state index is 5.78. The third-order valence-electron chi connectivity index (χ3n) is 4.12. The van der Waals surface area contributed by atoms with Crippen molar-refractivity contribution in [1.82, 2.24) is 9.88 Å². The first-order valence-corrected chi connectivity index (χ1v) is 7.77. The normalized spacial score (nSPS) is 18.9. The molecule has 1 N–H and O–H groups in total. The van der Waals surface area contributed by atoms with Crippen LogP contribution in [0.2, 0.25) is 0 Å². The lowest BCUT2D eigenvalue weighted by Crippen LogP contribution is -2.16. The summed E-state index contributed by atoms with van der Waals surface area (Å²) in [5, 5.41) is 4.80. The van der Waals surface area contributed by atoms with Crippen LogP contribution in [0.4, 0.5) is 0 Å². The molecule has 0 bridgehead atoms. The molecule has 0 aliphatic carbocycles. The molecule has 0 spiro atoms. The predicted molar refractivity (Wildman–Crippen MR) is 83.2 cm³/mol. The molecule has 1 saturated heterocycles. The molecule has 1 atom stereocenters. The van der Waals surface area contributed by atoms with E-state index in [1.807, 2.05) is 0 Å². The van der Waals surface area contributed by atoms with E-state index in [9.17, 15) is 0 Å². The maximum Gasteiger partial charge on any atom is 0.0754 e. The molecule has 3 nitrogen and oxygen atoms in total. The van der Waals surface area contributed by atoms with Crippen LogP contribution in [-0.2, 0) is 17.7 Å². The Morgan fingerprint density at radius 1 is 1.35 bits per heavy atom. The molecule has 1 aromatic carbocycles. The van der Waals surface area contributed by atoms with Gasteiger partial charge in [0.2, 0.25) is 0 Å². The van der Waals surface area contributed by atoms with Gasteiger partial charge in [0, 0.05) is 30.3 Å². The van der Waals surface area contributed by atoms with Crippen molar-refractivity contribution in [3.05, 3.63) is 36.0 Å². The van der Waals surface area contributed by atoms with Crippen LogP contribution in [0.1, 0.15) is 25.3 Å². The Labute approximate surface area is 120 Å². The van der Waals surface area contributed by atoms with E-state index in [1.54, 1.807) is 0 Å². The van der Waals surface area contributed by atoms with Gasteiger partial charge >= 0.3 is 0 Å². The van der Waals surface area contributed by atoms with E-state index < -0.39 is 0 Å². The standard InChI is InChI=1S/C17H24N2O/c1-2-18-10-9-14-12-19(13-15-6-5-11-20-15)17-8-4-3-7-16(14)17/h3-4,7-8,12,15,18H,2,5-6,9-11,13H2,1H3. The van der Waals surface area contributed by atoms with Crippen LogP contribution in [-0.4, -0.2) is 30.4 Å².